The molecule has 0 aliphatic rings. The van der Waals surface area contributed by atoms with Crippen LogP contribution >= 0.6 is 0 Å². The number of carbonyl (C=O) groups is 4. The van der Waals surface area contributed by atoms with Crippen molar-refractivity contribution in [3.05, 3.63) is 77.1 Å². The summed E-state index contributed by atoms with van der Waals surface area (Å²) in [5.41, 5.74) is 2.51. The number of nitrogens with zero attached hydrogens (tertiary/aromatic N) is 2. The standard InChI is InChI=1S/C24H22N2O4/c1-15-9-11-19(12-10-15)24(30)23(26(17(3)28)18(4)29)13-20-14-25(16(2)27)22-8-6-5-7-21(20)22/h5-14H,1-4H3. The number of allylic oxidation sites excluding steroid dienone is 1. The molecule has 152 valence electrons. The molecule has 1 heterocycles. The molecule has 0 N–H and O–H groups in total. The summed E-state index contributed by atoms with van der Waals surface area (Å²) < 4.78 is 1.47. The number of amides is 2. The van der Waals surface area contributed by atoms with Gasteiger partial charge in [0.25, 0.3) is 0 Å². The van der Waals surface area contributed by atoms with E-state index in [0.29, 0.717) is 16.6 Å². The molecule has 0 saturated carbocycles. The summed E-state index contributed by atoms with van der Waals surface area (Å²) in [6, 6.07) is 14.1. The smallest absolute Gasteiger partial charge is 0.230 e. The lowest BCUT2D eigenvalue weighted by atomic mass is 10.0. The van der Waals surface area contributed by atoms with E-state index in [1.165, 1.54) is 31.4 Å². The highest BCUT2D eigenvalue weighted by Gasteiger charge is 2.26. The van der Waals surface area contributed by atoms with Gasteiger partial charge in [-0.2, -0.15) is 0 Å². The molecule has 1 aromatic heterocycles. The van der Waals surface area contributed by atoms with Gasteiger partial charge in [0.05, 0.1) is 5.52 Å². The van der Waals surface area contributed by atoms with Crippen LogP contribution in [0.25, 0.3) is 17.0 Å². The number of aryl methyl sites for hydroxylation is 1. The molecular weight excluding hydrogens is 380 g/mol. The van der Waals surface area contributed by atoms with Crippen LogP contribution in [-0.2, 0) is 9.59 Å². The Morgan fingerprint density at radius 1 is 0.867 bits per heavy atom. The topological polar surface area (TPSA) is 76.5 Å². The summed E-state index contributed by atoms with van der Waals surface area (Å²) in [5, 5.41) is 0.731. The van der Waals surface area contributed by atoms with Crippen LogP contribution in [0.15, 0.2) is 60.4 Å². The van der Waals surface area contributed by atoms with Crippen LogP contribution in [0.5, 0.6) is 0 Å². The lowest BCUT2D eigenvalue weighted by Gasteiger charge is -2.20. The van der Waals surface area contributed by atoms with E-state index in [1.54, 1.807) is 36.5 Å². The van der Waals surface area contributed by atoms with Gasteiger partial charge in [-0.05, 0) is 19.1 Å². The summed E-state index contributed by atoms with van der Waals surface area (Å²) >= 11 is 0. The minimum Gasteiger partial charge on any atom is -0.287 e. The van der Waals surface area contributed by atoms with Gasteiger partial charge in [0.2, 0.25) is 23.5 Å². The molecule has 0 aliphatic heterocycles. The van der Waals surface area contributed by atoms with E-state index in [2.05, 4.69) is 0 Å². The molecule has 0 unspecified atom stereocenters. The summed E-state index contributed by atoms with van der Waals surface area (Å²) in [7, 11) is 0. The zero-order valence-electron chi connectivity index (χ0n) is 17.3. The van der Waals surface area contributed by atoms with Gasteiger partial charge < -0.3 is 0 Å². The van der Waals surface area contributed by atoms with Crippen molar-refractivity contribution in [3.8, 4) is 0 Å². The zero-order valence-corrected chi connectivity index (χ0v) is 17.3. The molecule has 2 aromatic carbocycles. The minimum absolute atomic E-state index is 0.0645. The molecule has 6 nitrogen and oxygen atoms in total. The van der Waals surface area contributed by atoms with Crippen molar-refractivity contribution in [1.82, 2.24) is 9.47 Å². The number of Topliss-reactive ketones (excluding diaryl/α,β-unsaturated/α-hetero) is 1. The maximum Gasteiger partial charge on any atom is 0.230 e. The predicted octanol–water partition coefficient (Wildman–Crippen LogP) is 4.23. The van der Waals surface area contributed by atoms with E-state index in [9.17, 15) is 19.2 Å². The first kappa shape index (κ1) is 20.9. The maximum absolute atomic E-state index is 13.3. The molecule has 0 bridgehead atoms. The molecule has 0 radical (unpaired) electrons. The fraction of sp³-hybridized carbons (Fsp3) is 0.167. The third-order valence-corrected chi connectivity index (χ3v) is 4.79. The highest BCUT2D eigenvalue weighted by Crippen LogP contribution is 2.26. The number of imide groups is 1. The fourth-order valence-electron chi connectivity index (χ4n) is 3.37. The first-order chi connectivity index (χ1) is 14.2. The van der Waals surface area contributed by atoms with Gasteiger partial charge in [0, 0.05) is 43.5 Å². The van der Waals surface area contributed by atoms with Crippen molar-refractivity contribution in [2.75, 3.05) is 0 Å². The Labute approximate surface area is 174 Å². The number of hydrogen-bond acceptors (Lipinski definition) is 4. The molecule has 30 heavy (non-hydrogen) atoms. The molecule has 0 saturated heterocycles. The Hall–Kier alpha value is -3.80. The average Bonchev–Trinajstić information content (AvgIpc) is 3.06. The highest BCUT2D eigenvalue weighted by atomic mass is 16.2. The van der Waals surface area contributed by atoms with Gasteiger partial charge in [0.15, 0.2) is 0 Å². The Bertz CT molecular complexity index is 1190. The highest BCUT2D eigenvalue weighted by molar-refractivity contribution is 6.17. The maximum atomic E-state index is 13.3. The Balaban J connectivity index is 2.26. The van der Waals surface area contributed by atoms with Crippen molar-refractivity contribution < 1.29 is 19.2 Å². The quantitative estimate of drug-likeness (QED) is 0.483. The SMILES string of the molecule is CC(=O)N(C(C)=O)C(=Cc1cn(C(C)=O)c2ccccc12)C(=O)c1ccc(C)cc1. The Kier molecular flexibility index (Phi) is 5.78. The number of benzene rings is 2. The number of fused-ring (bicyclic) bond motifs is 1. The summed E-state index contributed by atoms with van der Waals surface area (Å²) in [5.74, 6) is -1.78. The lowest BCUT2D eigenvalue weighted by Crippen LogP contribution is -2.35. The van der Waals surface area contributed by atoms with E-state index in [-0.39, 0.29) is 11.6 Å². The van der Waals surface area contributed by atoms with Gasteiger partial charge in [-0.1, -0.05) is 48.0 Å². The van der Waals surface area contributed by atoms with E-state index in [0.717, 1.165) is 15.8 Å². The van der Waals surface area contributed by atoms with Crippen molar-refractivity contribution in [2.45, 2.75) is 27.7 Å². The molecule has 0 atom stereocenters. The number of para-hydroxylation sites is 1. The lowest BCUT2D eigenvalue weighted by molar-refractivity contribution is -0.139. The average molecular weight is 402 g/mol. The third kappa shape index (κ3) is 3.98. The summed E-state index contributed by atoms with van der Waals surface area (Å²) in [4.78, 5) is 50.7. The number of rotatable bonds is 4. The van der Waals surface area contributed by atoms with Gasteiger partial charge in [-0.3, -0.25) is 23.7 Å². The van der Waals surface area contributed by atoms with Gasteiger partial charge >= 0.3 is 0 Å². The van der Waals surface area contributed by atoms with Crippen LogP contribution in [0.3, 0.4) is 0 Å². The minimum atomic E-state index is -0.565. The zero-order chi connectivity index (χ0) is 22.0. The van der Waals surface area contributed by atoms with Crippen molar-refractivity contribution >= 4 is 40.5 Å². The van der Waals surface area contributed by atoms with E-state index in [4.69, 9.17) is 0 Å². The molecule has 3 rings (SSSR count). The summed E-state index contributed by atoms with van der Waals surface area (Å²) in [6.45, 7) is 5.81. The number of hydrogen-bond donors (Lipinski definition) is 0. The number of aromatic nitrogens is 1. The Morgan fingerprint density at radius 2 is 1.47 bits per heavy atom. The second-order valence-corrected chi connectivity index (χ2v) is 7.09. The third-order valence-electron chi connectivity index (χ3n) is 4.79. The first-order valence-electron chi connectivity index (χ1n) is 9.46. The normalized spacial score (nSPS) is 11.4. The van der Waals surface area contributed by atoms with E-state index >= 15 is 0 Å². The molecular formula is C24H22N2O4. The monoisotopic (exact) mass is 402 g/mol. The fourth-order valence-corrected chi connectivity index (χ4v) is 3.37. The van der Waals surface area contributed by atoms with Crippen LogP contribution in [0, 0.1) is 6.92 Å². The second-order valence-electron chi connectivity index (χ2n) is 7.09. The molecule has 2 amide bonds. The van der Waals surface area contributed by atoms with Crippen LogP contribution in [0.1, 0.15) is 47.1 Å². The van der Waals surface area contributed by atoms with Crippen LogP contribution in [-0.4, -0.2) is 33.0 Å². The van der Waals surface area contributed by atoms with Gasteiger partial charge in [-0.15, -0.1) is 0 Å². The molecule has 6 heteroatoms. The van der Waals surface area contributed by atoms with Gasteiger partial charge in [0.1, 0.15) is 5.70 Å². The largest absolute Gasteiger partial charge is 0.287 e. The van der Waals surface area contributed by atoms with Crippen molar-refractivity contribution in [1.29, 1.82) is 0 Å². The van der Waals surface area contributed by atoms with E-state index < -0.39 is 17.6 Å². The van der Waals surface area contributed by atoms with Crippen molar-refractivity contribution in [3.63, 3.8) is 0 Å². The predicted molar refractivity (Wildman–Crippen MR) is 115 cm³/mol. The van der Waals surface area contributed by atoms with E-state index in [1.807, 2.05) is 25.1 Å². The van der Waals surface area contributed by atoms with Gasteiger partial charge in [-0.25, -0.2) is 4.90 Å². The first-order valence-corrected chi connectivity index (χ1v) is 9.46. The number of carbonyl (C=O) groups excluding carboxylic acids is 4. The molecule has 3 aromatic rings. The van der Waals surface area contributed by atoms with Crippen LogP contribution in [0.4, 0.5) is 0 Å². The molecule has 0 fully saturated rings. The molecule has 0 aliphatic carbocycles. The summed E-state index contributed by atoms with van der Waals surface area (Å²) in [6.07, 6.45) is 3.10. The number of ketones is 1. The molecule has 0 spiro atoms. The van der Waals surface area contributed by atoms with Crippen molar-refractivity contribution in [2.24, 2.45) is 0 Å². The Morgan fingerprint density at radius 3 is 2.03 bits per heavy atom. The van der Waals surface area contributed by atoms with Crippen LogP contribution in [0.2, 0.25) is 0 Å². The second kappa shape index (κ2) is 8.29. The van der Waals surface area contributed by atoms with Crippen LogP contribution < -0.4 is 0 Å².